The smallest absolute Gasteiger partial charge is 0.170 e. The van der Waals surface area contributed by atoms with Crippen LogP contribution in [0.2, 0.25) is 0 Å². The van der Waals surface area contributed by atoms with Crippen molar-refractivity contribution in [3.63, 3.8) is 0 Å². The Balaban J connectivity index is 2.93. The molecule has 4 heteroatoms. The average molecular weight is 137 g/mol. The van der Waals surface area contributed by atoms with Gasteiger partial charge in [0.1, 0.15) is 5.52 Å². The number of fused-ring (bicyclic) bond motifs is 1. The maximum atomic E-state index is 12.6. The summed E-state index contributed by atoms with van der Waals surface area (Å²) in [6.07, 6.45) is 5.75. The second-order valence-corrected chi connectivity index (χ2v) is 1.90. The van der Waals surface area contributed by atoms with Gasteiger partial charge in [-0.05, 0) is 0 Å². The molecule has 0 aromatic carbocycles. The Morgan fingerprint density at radius 3 is 3.10 bits per heavy atom. The highest BCUT2D eigenvalue weighted by atomic mass is 19.1. The van der Waals surface area contributed by atoms with Gasteiger partial charge in [-0.25, -0.2) is 8.91 Å². The minimum Gasteiger partial charge on any atom is -0.261 e. The van der Waals surface area contributed by atoms with Crippen molar-refractivity contribution >= 4 is 5.52 Å². The van der Waals surface area contributed by atoms with Crippen LogP contribution in [0.1, 0.15) is 0 Å². The molecule has 0 atom stereocenters. The van der Waals surface area contributed by atoms with Crippen LogP contribution in [0.25, 0.3) is 5.52 Å². The number of nitrogens with zero attached hydrogens (tertiary/aromatic N) is 3. The minimum absolute atomic E-state index is 0.340. The second-order valence-electron chi connectivity index (χ2n) is 1.90. The molecule has 0 aliphatic rings. The summed E-state index contributed by atoms with van der Waals surface area (Å²) >= 11 is 0. The molecule has 0 saturated heterocycles. The molecule has 0 aliphatic carbocycles. The number of hydrogen-bond acceptors (Lipinski definition) is 2. The summed E-state index contributed by atoms with van der Waals surface area (Å²) < 4.78 is 14.1. The zero-order valence-electron chi connectivity index (χ0n) is 5.03. The van der Waals surface area contributed by atoms with E-state index in [-0.39, 0.29) is 5.82 Å². The fraction of sp³-hybridized carbons (Fsp3) is 0. The highest BCUT2D eigenvalue weighted by Crippen LogP contribution is 2.04. The van der Waals surface area contributed by atoms with Crippen molar-refractivity contribution in [2.45, 2.75) is 0 Å². The van der Waals surface area contributed by atoms with E-state index in [1.807, 2.05) is 0 Å². The van der Waals surface area contributed by atoms with Crippen LogP contribution in [-0.4, -0.2) is 14.6 Å². The number of aromatic nitrogens is 3. The third kappa shape index (κ3) is 0.586. The first kappa shape index (κ1) is 5.34. The molecule has 0 N–H and O–H groups in total. The molecule has 10 heavy (non-hydrogen) atoms. The zero-order valence-corrected chi connectivity index (χ0v) is 5.03. The van der Waals surface area contributed by atoms with Crippen LogP contribution in [0.4, 0.5) is 4.39 Å². The number of halogens is 1. The normalized spacial score (nSPS) is 10.5. The van der Waals surface area contributed by atoms with E-state index in [1.165, 1.54) is 10.7 Å². The van der Waals surface area contributed by atoms with E-state index in [2.05, 4.69) is 10.1 Å². The molecule has 0 saturated carbocycles. The molecule has 3 nitrogen and oxygen atoms in total. The maximum Gasteiger partial charge on any atom is 0.170 e. The van der Waals surface area contributed by atoms with Gasteiger partial charge in [0, 0.05) is 12.4 Å². The van der Waals surface area contributed by atoms with Crippen LogP contribution >= 0.6 is 0 Å². The summed E-state index contributed by atoms with van der Waals surface area (Å²) in [4.78, 5) is 3.75. The topological polar surface area (TPSA) is 30.2 Å². The van der Waals surface area contributed by atoms with Crippen molar-refractivity contribution in [3.8, 4) is 0 Å². The fourth-order valence-electron chi connectivity index (χ4n) is 0.806. The summed E-state index contributed by atoms with van der Waals surface area (Å²) in [5.41, 5.74) is 0.405. The molecule has 2 heterocycles. The molecular weight excluding hydrogens is 133 g/mol. The molecule has 2 aromatic heterocycles. The van der Waals surface area contributed by atoms with E-state index in [0.717, 1.165) is 6.20 Å². The van der Waals surface area contributed by atoms with E-state index in [4.69, 9.17) is 0 Å². The Labute approximate surface area is 56.1 Å². The van der Waals surface area contributed by atoms with Gasteiger partial charge in [0.15, 0.2) is 5.82 Å². The predicted octanol–water partition coefficient (Wildman–Crippen LogP) is 0.868. The molecule has 0 spiro atoms. The zero-order chi connectivity index (χ0) is 6.97. The molecular formula is C6H4FN3. The number of hydrogen-bond donors (Lipinski definition) is 0. The Kier molecular flexibility index (Phi) is 0.943. The molecule has 0 amide bonds. The Morgan fingerprint density at radius 2 is 2.30 bits per heavy atom. The number of rotatable bonds is 0. The van der Waals surface area contributed by atoms with Gasteiger partial charge in [-0.15, -0.1) is 0 Å². The second kappa shape index (κ2) is 1.76. The van der Waals surface area contributed by atoms with Crippen LogP contribution in [0.5, 0.6) is 0 Å². The van der Waals surface area contributed by atoms with E-state index in [1.54, 1.807) is 12.4 Å². The van der Waals surface area contributed by atoms with Crippen molar-refractivity contribution in [3.05, 3.63) is 30.6 Å². The Bertz CT molecular complexity index is 355. The molecule has 2 rings (SSSR count). The lowest BCUT2D eigenvalue weighted by Gasteiger charge is -1.87. The fourth-order valence-corrected chi connectivity index (χ4v) is 0.806. The summed E-state index contributed by atoms with van der Waals surface area (Å²) in [5, 5.41) is 3.72. The van der Waals surface area contributed by atoms with E-state index < -0.39 is 0 Å². The third-order valence-corrected chi connectivity index (χ3v) is 1.28. The molecule has 0 fully saturated rings. The summed E-state index contributed by atoms with van der Waals surface area (Å²) in [5.74, 6) is -0.340. The Morgan fingerprint density at radius 1 is 1.40 bits per heavy atom. The quantitative estimate of drug-likeness (QED) is 0.539. The highest BCUT2D eigenvalue weighted by Gasteiger charge is 1.99. The standard InChI is InChI=1S/C6H4FN3/c7-5-3-9-10-2-1-8-4-6(5)10/h1-4H. The summed E-state index contributed by atoms with van der Waals surface area (Å²) in [6.45, 7) is 0. The van der Waals surface area contributed by atoms with Gasteiger partial charge in [-0.1, -0.05) is 0 Å². The largest absolute Gasteiger partial charge is 0.261 e. The molecule has 2 aromatic rings. The van der Waals surface area contributed by atoms with Gasteiger partial charge in [-0.3, -0.25) is 4.98 Å². The van der Waals surface area contributed by atoms with Crippen LogP contribution in [0, 0.1) is 5.82 Å². The van der Waals surface area contributed by atoms with Gasteiger partial charge in [0.2, 0.25) is 0 Å². The van der Waals surface area contributed by atoms with Crippen molar-refractivity contribution in [2.24, 2.45) is 0 Å². The van der Waals surface area contributed by atoms with Crippen LogP contribution in [0.3, 0.4) is 0 Å². The van der Waals surface area contributed by atoms with Crippen molar-refractivity contribution in [2.75, 3.05) is 0 Å². The first-order valence-electron chi connectivity index (χ1n) is 2.81. The van der Waals surface area contributed by atoms with Crippen molar-refractivity contribution < 1.29 is 4.39 Å². The van der Waals surface area contributed by atoms with Gasteiger partial charge < -0.3 is 0 Å². The third-order valence-electron chi connectivity index (χ3n) is 1.28. The van der Waals surface area contributed by atoms with Gasteiger partial charge in [-0.2, -0.15) is 5.10 Å². The molecule has 0 aliphatic heterocycles. The maximum absolute atomic E-state index is 12.6. The van der Waals surface area contributed by atoms with Gasteiger partial charge in [0.05, 0.1) is 12.4 Å². The first-order valence-corrected chi connectivity index (χ1v) is 2.81. The van der Waals surface area contributed by atoms with E-state index in [9.17, 15) is 4.39 Å². The monoisotopic (exact) mass is 137 g/mol. The van der Waals surface area contributed by atoms with Crippen molar-refractivity contribution in [1.29, 1.82) is 0 Å². The SMILES string of the molecule is Fc1cnn2ccncc12. The Hall–Kier alpha value is -1.45. The minimum atomic E-state index is -0.340. The van der Waals surface area contributed by atoms with Crippen LogP contribution in [0.15, 0.2) is 24.8 Å². The summed E-state index contributed by atoms with van der Waals surface area (Å²) in [6, 6.07) is 0. The molecule has 0 bridgehead atoms. The lowest BCUT2D eigenvalue weighted by atomic mass is 10.5. The van der Waals surface area contributed by atoms with Crippen LogP contribution in [-0.2, 0) is 0 Å². The highest BCUT2D eigenvalue weighted by molar-refractivity contribution is 5.43. The van der Waals surface area contributed by atoms with Gasteiger partial charge >= 0.3 is 0 Å². The lowest BCUT2D eigenvalue weighted by Crippen LogP contribution is -1.85. The predicted molar refractivity (Wildman–Crippen MR) is 32.9 cm³/mol. The first-order chi connectivity index (χ1) is 4.88. The lowest BCUT2D eigenvalue weighted by molar-refractivity contribution is 0.638. The van der Waals surface area contributed by atoms with Crippen molar-refractivity contribution in [1.82, 2.24) is 14.6 Å². The van der Waals surface area contributed by atoms with E-state index >= 15 is 0 Å². The molecule has 50 valence electrons. The summed E-state index contributed by atoms with van der Waals surface area (Å²) in [7, 11) is 0. The van der Waals surface area contributed by atoms with Crippen LogP contribution < -0.4 is 0 Å². The molecule has 0 radical (unpaired) electrons. The van der Waals surface area contributed by atoms with E-state index in [0.29, 0.717) is 5.52 Å². The molecule has 0 unspecified atom stereocenters. The average Bonchev–Trinajstić information content (AvgIpc) is 2.34. The van der Waals surface area contributed by atoms with Gasteiger partial charge in [0.25, 0.3) is 0 Å².